The van der Waals surface area contributed by atoms with Crippen molar-refractivity contribution < 1.29 is 18.3 Å². The molecule has 0 bridgehead atoms. The van der Waals surface area contributed by atoms with Gasteiger partial charge in [-0.2, -0.15) is 0 Å². The van der Waals surface area contributed by atoms with Crippen LogP contribution in [0.25, 0.3) is 11.3 Å². The SMILES string of the molecule is Oc1cnc(-c2ccc(F)cc2F)c(F)c1. The molecule has 0 aliphatic rings. The van der Waals surface area contributed by atoms with Gasteiger partial charge in [-0.3, -0.25) is 0 Å². The van der Waals surface area contributed by atoms with E-state index in [1.807, 2.05) is 0 Å². The first-order valence-corrected chi connectivity index (χ1v) is 4.38. The van der Waals surface area contributed by atoms with Crippen molar-refractivity contribution in [3.05, 3.63) is 47.9 Å². The van der Waals surface area contributed by atoms with Crippen LogP contribution in [0.3, 0.4) is 0 Å². The lowest BCUT2D eigenvalue weighted by molar-refractivity contribution is 0.465. The number of pyridine rings is 1. The molecule has 82 valence electrons. The molecule has 0 aliphatic carbocycles. The molecular weight excluding hydrogens is 219 g/mol. The Morgan fingerprint density at radius 3 is 2.38 bits per heavy atom. The van der Waals surface area contributed by atoms with Crippen molar-refractivity contribution in [2.75, 3.05) is 0 Å². The summed E-state index contributed by atoms with van der Waals surface area (Å²) in [5, 5.41) is 8.94. The standard InChI is InChI=1S/C11H6F3NO/c12-6-1-2-8(9(13)3-6)11-10(14)4-7(16)5-15-11/h1-5,16H. The maximum Gasteiger partial charge on any atom is 0.153 e. The minimum atomic E-state index is -0.905. The molecule has 1 aromatic carbocycles. The van der Waals surface area contributed by atoms with Gasteiger partial charge < -0.3 is 5.11 Å². The van der Waals surface area contributed by atoms with Crippen molar-refractivity contribution >= 4 is 0 Å². The van der Waals surface area contributed by atoms with E-state index in [9.17, 15) is 13.2 Å². The Bertz CT molecular complexity index is 493. The molecule has 1 heterocycles. The fourth-order valence-corrected chi connectivity index (χ4v) is 1.31. The minimum Gasteiger partial charge on any atom is -0.506 e. The van der Waals surface area contributed by atoms with E-state index >= 15 is 0 Å². The van der Waals surface area contributed by atoms with Crippen molar-refractivity contribution in [3.63, 3.8) is 0 Å². The molecule has 16 heavy (non-hydrogen) atoms. The predicted molar refractivity (Wildman–Crippen MR) is 51.2 cm³/mol. The van der Waals surface area contributed by atoms with Crippen LogP contribution in [-0.4, -0.2) is 10.1 Å². The van der Waals surface area contributed by atoms with E-state index in [2.05, 4.69) is 4.98 Å². The largest absolute Gasteiger partial charge is 0.506 e. The zero-order valence-electron chi connectivity index (χ0n) is 7.92. The van der Waals surface area contributed by atoms with Crippen molar-refractivity contribution in [3.8, 4) is 17.0 Å². The van der Waals surface area contributed by atoms with Gasteiger partial charge in [0.1, 0.15) is 23.1 Å². The third kappa shape index (κ3) is 1.84. The van der Waals surface area contributed by atoms with E-state index in [0.29, 0.717) is 6.07 Å². The average Bonchev–Trinajstić information content (AvgIpc) is 2.19. The van der Waals surface area contributed by atoms with Crippen LogP contribution in [0.5, 0.6) is 5.75 Å². The summed E-state index contributed by atoms with van der Waals surface area (Å²) < 4.78 is 39.3. The molecule has 2 rings (SSSR count). The molecule has 0 radical (unpaired) electrons. The van der Waals surface area contributed by atoms with Crippen LogP contribution in [-0.2, 0) is 0 Å². The Balaban J connectivity index is 2.59. The molecule has 2 aromatic rings. The Kier molecular flexibility index (Phi) is 2.52. The summed E-state index contributed by atoms with van der Waals surface area (Å²) in [6, 6.07) is 3.55. The number of nitrogens with zero attached hydrogens (tertiary/aromatic N) is 1. The van der Waals surface area contributed by atoms with E-state index < -0.39 is 17.5 Å². The van der Waals surface area contributed by atoms with E-state index in [1.54, 1.807) is 0 Å². The molecule has 0 amide bonds. The van der Waals surface area contributed by atoms with Crippen LogP contribution in [0, 0.1) is 17.5 Å². The molecule has 2 nitrogen and oxygen atoms in total. The van der Waals surface area contributed by atoms with Crippen LogP contribution in [0.4, 0.5) is 13.2 Å². The molecule has 0 aliphatic heterocycles. The Morgan fingerprint density at radius 2 is 1.75 bits per heavy atom. The highest BCUT2D eigenvalue weighted by molar-refractivity contribution is 5.60. The monoisotopic (exact) mass is 225 g/mol. The molecular formula is C11H6F3NO. The maximum atomic E-state index is 13.3. The fourth-order valence-electron chi connectivity index (χ4n) is 1.31. The van der Waals surface area contributed by atoms with Crippen molar-refractivity contribution in [1.29, 1.82) is 0 Å². The Hall–Kier alpha value is -2.04. The highest BCUT2D eigenvalue weighted by atomic mass is 19.1. The molecule has 0 saturated heterocycles. The summed E-state index contributed by atoms with van der Waals surface area (Å²) in [6.45, 7) is 0. The Morgan fingerprint density at radius 1 is 1.00 bits per heavy atom. The van der Waals surface area contributed by atoms with Crippen LogP contribution in [0.2, 0.25) is 0 Å². The fraction of sp³-hybridized carbons (Fsp3) is 0. The Labute approximate surface area is 89.0 Å². The summed E-state index contributed by atoms with van der Waals surface area (Å²) in [6.07, 6.45) is 0.987. The number of hydrogen-bond donors (Lipinski definition) is 1. The molecule has 0 fully saturated rings. The number of benzene rings is 1. The molecule has 5 heteroatoms. The lowest BCUT2D eigenvalue weighted by Crippen LogP contribution is -1.92. The minimum absolute atomic E-state index is 0.154. The first-order valence-electron chi connectivity index (χ1n) is 4.38. The van der Waals surface area contributed by atoms with Crippen LogP contribution < -0.4 is 0 Å². The van der Waals surface area contributed by atoms with Crippen LogP contribution >= 0.6 is 0 Å². The van der Waals surface area contributed by atoms with Crippen molar-refractivity contribution in [1.82, 2.24) is 4.98 Å². The van der Waals surface area contributed by atoms with Crippen LogP contribution in [0.1, 0.15) is 0 Å². The number of aromatic nitrogens is 1. The average molecular weight is 225 g/mol. The zero-order chi connectivity index (χ0) is 11.7. The van der Waals surface area contributed by atoms with Gasteiger partial charge in [0.2, 0.25) is 0 Å². The second kappa shape index (κ2) is 3.84. The lowest BCUT2D eigenvalue weighted by atomic mass is 10.1. The summed E-state index contributed by atoms with van der Waals surface area (Å²) in [7, 11) is 0. The van der Waals surface area contributed by atoms with Gasteiger partial charge in [0, 0.05) is 17.7 Å². The van der Waals surface area contributed by atoms with Gasteiger partial charge in [-0.05, 0) is 12.1 Å². The quantitative estimate of drug-likeness (QED) is 0.809. The van der Waals surface area contributed by atoms with Crippen molar-refractivity contribution in [2.45, 2.75) is 0 Å². The van der Waals surface area contributed by atoms with E-state index in [4.69, 9.17) is 5.11 Å². The summed E-state index contributed by atoms with van der Waals surface area (Å²) in [5.74, 6) is -2.88. The highest BCUT2D eigenvalue weighted by Gasteiger charge is 2.12. The van der Waals surface area contributed by atoms with Gasteiger partial charge in [-0.25, -0.2) is 18.2 Å². The molecule has 0 atom stereocenters. The molecule has 1 aromatic heterocycles. The van der Waals surface area contributed by atoms with Crippen LogP contribution in [0.15, 0.2) is 30.5 Å². The lowest BCUT2D eigenvalue weighted by Gasteiger charge is -2.04. The van der Waals surface area contributed by atoms with E-state index in [1.165, 1.54) is 0 Å². The van der Waals surface area contributed by atoms with Gasteiger partial charge in [-0.15, -0.1) is 0 Å². The predicted octanol–water partition coefficient (Wildman–Crippen LogP) is 2.87. The second-order valence-corrected chi connectivity index (χ2v) is 3.15. The van der Waals surface area contributed by atoms with E-state index in [0.717, 1.165) is 24.4 Å². The molecule has 1 N–H and O–H groups in total. The van der Waals surface area contributed by atoms with Gasteiger partial charge in [0.15, 0.2) is 5.82 Å². The first-order chi connectivity index (χ1) is 7.58. The molecule has 0 saturated carbocycles. The number of hydrogen-bond acceptors (Lipinski definition) is 2. The normalized spacial score (nSPS) is 10.4. The number of aromatic hydroxyl groups is 1. The smallest absolute Gasteiger partial charge is 0.153 e. The second-order valence-electron chi connectivity index (χ2n) is 3.15. The van der Waals surface area contributed by atoms with Gasteiger partial charge in [-0.1, -0.05) is 0 Å². The first kappa shape index (κ1) is 10.5. The third-order valence-corrected chi connectivity index (χ3v) is 2.01. The molecule has 0 unspecified atom stereocenters. The summed E-state index contributed by atoms with van der Waals surface area (Å²) in [4.78, 5) is 3.55. The molecule has 0 spiro atoms. The van der Waals surface area contributed by atoms with Gasteiger partial charge in [0.05, 0.1) is 6.20 Å². The number of halogens is 3. The maximum absolute atomic E-state index is 13.3. The number of rotatable bonds is 1. The van der Waals surface area contributed by atoms with Gasteiger partial charge in [0.25, 0.3) is 0 Å². The third-order valence-electron chi connectivity index (χ3n) is 2.01. The topological polar surface area (TPSA) is 33.1 Å². The summed E-state index contributed by atoms with van der Waals surface area (Å²) >= 11 is 0. The highest BCUT2D eigenvalue weighted by Crippen LogP contribution is 2.25. The van der Waals surface area contributed by atoms with Crippen molar-refractivity contribution in [2.24, 2.45) is 0 Å². The summed E-state index contributed by atoms with van der Waals surface area (Å²) in [5.41, 5.74) is -0.422. The van der Waals surface area contributed by atoms with E-state index in [-0.39, 0.29) is 17.0 Å². The zero-order valence-corrected chi connectivity index (χ0v) is 7.92. The van der Waals surface area contributed by atoms with Gasteiger partial charge >= 0.3 is 0 Å².